The molecular formula is C25H18ClNO2. The summed E-state index contributed by atoms with van der Waals surface area (Å²) in [6.45, 7) is 1.97. The standard InChI is InChI=1S/C25H18ClNO2/c1-25-21-16-10-4-2-8-14(16)20(15-9-3-5-11-17(15)21)22(25)23(28)27(24(25)29)19-13-7-6-12-18(19)26/h2-13,20-22H,1H3/t20?,21?,22-,25+/m0/s1. The van der Waals surface area contributed by atoms with Gasteiger partial charge in [-0.05, 0) is 41.3 Å². The number of amides is 2. The first kappa shape index (κ1) is 17.0. The van der Waals surface area contributed by atoms with Crippen molar-refractivity contribution in [1.82, 2.24) is 0 Å². The van der Waals surface area contributed by atoms with E-state index in [0.29, 0.717) is 10.7 Å². The number of nitrogens with zero attached hydrogens (tertiary/aromatic N) is 1. The van der Waals surface area contributed by atoms with Crippen LogP contribution < -0.4 is 4.90 Å². The summed E-state index contributed by atoms with van der Waals surface area (Å²) < 4.78 is 0. The number of hydrogen-bond acceptors (Lipinski definition) is 2. The van der Waals surface area contributed by atoms with Crippen molar-refractivity contribution in [2.45, 2.75) is 18.8 Å². The molecule has 4 heteroatoms. The zero-order valence-electron chi connectivity index (χ0n) is 15.8. The minimum atomic E-state index is -0.830. The maximum Gasteiger partial charge on any atom is 0.241 e. The van der Waals surface area contributed by atoms with E-state index in [1.54, 1.807) is 18.2 Å². The normalized spacial score (nSPS) is 28.9. The highest BCUT2D eigenvalue weighted by Gasteiger charge is 2.68. The van der Waals surface area contributed by atoms with Crippen LogP contribution in [0.2, 0.25) is 5.02 Å². The molecule has 1 fully saturated rings. The molecule has 1 saturated heterocycles. The van der Waals surface area contributed by atoms with E-state index in [1.165, 1.54) is 16.0 Å². The summed E-state index contributed by atoms with van der Waals surface area (Å²) in [6.07, 6.45) is 0. The minimum absolute atomic E-state index is 0.124. The summed E-state index contributed by atoms with van der Waals surface area (Å²) >= 11 is 6.40. The summed E-state index contributed by atoms with van der Waals surface area (Å²) in [7, 11) is 0. The van der Waals surface area contributed by atoms with Gasteiger partial charge in [0, 0.05) is 11.8 Å². The number of halogens is 1. The molecule has 3 nitrogen and oxygen atoms in total. The zero-order chi connectivity index (χ0) is 19.9. The monoisotopic (exact) mass is 399 g/mol. The summed E-state index contributed by atoms with van der Waals surface area (Å²) in [5, 5.41) is 0.416. The minimum Gasteiger partial charge on any atom is -0.274 e. The Morgan fingerprint density at radius 1 is 0.793 bits per heavy atom. The van der Waals surface area contributed by atoms with Crippen molar-refractivity contribution in [1.29, 1.82) is 0 Å². The highest BCUT2D eigenvalue weighted by molar-refractivity contribution is 6.36. The molecule has 0 radical (unpaired) electrons. The molecule has 2 bridgehead atoms. The molecule has 2 amide bonds. The van der Waals surface area contributed by atoms with Gasteiger partial charge in [0.1, 0.15) is 0 Å². The van der Waals surface area contributed by atoms with E-state index < -0.39 is 11.3 Å². The van der Waals surface area contributed by atoms with Crippen LogP contribution in [0.3, 0.4) is 0 Å². The van der Waals surface area contributed by atoms with Crippen LogP contribution in [-0.2, 0) is 9.59 Å². The molecule has 0 unspecified atom stereocenters. The van der Waals surface area contributed by atoms with Gasteiger partial charge in [0.25, 0.3) is 0 Å². The Balaban J connectivity index is 1.64. The van der Waals surface area contributed by atoms with Gasteiger partial charge in [-0.25, -0.2) is 4.90 Å². The predicted octanol–water partition coefficient (Wildman–Crippen LogP) is 5.13. The molecule has 0 spiro atoms. The number of benzene rings is 3. The molecule has 3 aliphatic carbocycles. The fraction of sp³-hybridized carbons (Fsp3) is 0.200. The number of carbonyl (C=O) groups is 2. The van der Waals surface area contributed by atoms with Crippen LogP contribution >= 0.6 is 11.6 Å². The quantitative estimate of drug-likeness (QED) is 0.532. The van der Waals surface area contributed by atoms with Gasteiger partial charge in [-0.3, -0.25) is 9.59 Å². The van der Waals surface area contributed by atoms with E-state index in [9.17, 15) is 9.59 Å². The maximum atomic E-state index is 13.9. The number of hydrogen-bond donors (Lipinski definition) is 0. The second-order valence-electron chi connectivity index (χ2n) is 8.36. The molecule has 0 saturated carbocycles. The molecule has 142 valence electrons. The number of rotatable bonds is 1. The SMILES string of the molecule is C[C@]12C(=O)N(c3ccccc3Cl)C(=O)[C@@H]1C1c3ccccc3C2c2ccccc21. The van der Waals surface area contributed by atoms with Gasteiger partial charge in [-0.2, -0.15) is 0 Å². The van der Waals surface area contributed by atoms with Crippen molar-refractivity contribution in [3.8, 4) is 0 Å². The molecule has 0 N–H and O–H groups in total. The average Bonchev–Trinajstić information content (AvgIpc) is 2.95. The van der Waals surface area contributed by atoms with Gasteiger partial charge in [0.05, 0.1) is 22.0 Å². The fourth-order valence-electron chi connectivity index (χ4n) is 5.98. The van der Waals surface area contributed by atoms with Crippen molar-refractivity contribution in [3.63, 3.8) is 0 Å². The average molecular weight is 400 g/mol. The number of anilines is 1. The Morgan fingerprint density at radius 3 is 1.90 bits per heavy atom. The highest BCUT2D eigenvalue weighted by atomic mass is 35.5. The fourth-order valence-corrected chi connectivity index (χ4v) is 6.20. The number of imide groups is 1. The summed E-state index contributed by atoms with van der Waals surface area (Å²) in [5.41, 5.74) is 4.31. The first-order chi connectivity index (χ1) is 14.0. The highest BCUT2D eigenvalue weighted by Crippen LogP contribution is 2.67. The second kappa shape index (κ2) is 5.58. The third-order valence-corrected chi connectivity index (χ3v) is 7.43. The van der Waals surface area contributed by atoms with Gasteiger partial charge in [-0.15, -0.1) is 0 Å². The molecule has 29 heavy (non-hydrogen) atoms. The first-order valence-electron chi connectivity index (χ1n) is 9.85. The molecular weight excluding hydrogens is 382 g/mol. The summed E-state index contributed by atoms with van der Waals surface area (Å²) in [6, 6.07) is 23.6. The van der Waals surface area contributed by atoms with Crippen LogP contribution in [0, 0.1) is 11.3 Å². The predicted molar refractivity (Wildman–Crippen MR) is 112 cm³/mol. The van der Waals surface area contributed by atoms with E-state index in [4.69, 9.17) is 11.6 Å². The topological polar surface area (TPSA) is 37.4 Å². The molecule has 3 aromatic rings. The Morgan fingerprint density at radius 2 is 1.31 bits per heavy atom. The van der Waals surface area contributed by atoms with Crippen LogP contribution in [0.15, 0.2) is 72.8 Å². The summed E-state index contributed by atoms with van der Waals surface area (Å²) in [5.74, 6) is -1.000. The Hall–Kier alpha value is -2.91. The lowest BCUT2D eigenvalue weighted by Crippen LogP contribution is -2.49. The van der Waals surface area contributed by atoms with Crippen LogP contribution in [-0.4, -0.2) is 11.8 Å². The number of para-hydroxylation sites is 1. The molecule has 2 atom stereocenters. The van der Waals surface area contributed by atoms with Crippen LogP contribution in [0.5, 0.6) is 0 Å². The van der Waals surface area contributed by atoms with E-state index >= 15 is 0 Å². The van der Waals surface area contributed by atoms with Gasteiger partial charge >= 0.3 is 0 Å². The Kier molecular flexibility index (Phi) is 3.27. The Bertz CT molecular complexity index is 1170. The molecule has 7 rings (SSSR count). The van der Waals surface area contributed by atoms with E-state index in [-0.39, 0.29) is 23.7 Å². The third-order valence-electron chi connectivity index (χ3n) is 7.11. The third kappa shape index (κ3) is 1.89. The van der Waals surface area contributed by atoms with Gasteiger partial charge in [0.2, 0.25) is 11.8 Å². The van der Waals surface area contributed by atoms with Crippen molar-refractivity contribution >= 4 is 29.1 Å². The van der Waals surface area contributed by atoms with Gasteiger partial charge < -0.3 is 0 Å². The Labute approximate surface area is 173 Å². The molecule has 1 aliphatic heterocycles. The summed E-state index contributed by atoms with van der Waals surface area (Å²) in [4.78, 5) is 29.0. The smallest absolute Gasteiger partial charge is 0.241 e. The zero-order valence-corrected chi connectivity index (χ0v) is 16.6. The lowest BCUT2D eigenvalue weighted by Gasteiger charge is -2.51. The van der Waals surface area contributed by atoms with E-state index in [0.717, 1.165) is 11.1 Å². The number of carbonyl (C=O) groups excluding carboxylic acids is 2. The van der Waals surface area contributed by atoms with E-state index in [2.05, 4.69) is 24.3 Å². The lowest BCUT2D eigenvalue weighted by molar-refractivity contribution is -0.128. The van der Waals surface area contributed by atoms with Crippen molar-refractivity contribution in [3.05, 3.63) is 100 Å². The van der Waals surface area contributed by atoms with Crippen molar-refractivity contribution in [2.75, 3.05) is 4.90 Å². The molecule has 3 aromatic carbocycles. The van der Waals surface area contributed by atoms with Gasteiger partial charge in [-0.1, -0.05) is 72.3 Å². The molecule has 1 heterocycles. The van der Waals surface area contributed by atoms with Crippen molar-refractivity contribution < 1.29 is 9.59 Å². The first-order valence-corrected chi connectivity index (χ1v) is 10.2. The van der Waals surface area contributed by atoms with Crippen molar-refractivity contribution in [2.24, 2.45) is 11.3 Å². The van der Waals surface area contributed by atoms with Crippen LogP contribution in [0.25, 0.3) is 0 Å². The van der Waals surface area contributed by atoms with Gasteiger partial charge in [0.15, 0.2) is 0 Å². The van der Waals surface area contributed by atoms with Crippen LogP contribution in [0.1, 0.15) is 41.0 Å². The maximum absolute atomic E-state index is 13.9. The second-order valence-corrected chi connectivity index (χ2v) is 8.77. The molecule has 4 aliphatic rings. The van der Waals surface area contributed by atoms with Crippen LogP contribution in [0.4, 0.5) is 5.69 Å². The molecule has 0 aromatic heterocycles. The largest absolute Gasteiger partial charge is 0.274 e. The van der Waals surface area contributed by atoms with E-state index in [1.807, 2.05) is 37.3 Å². The lowest BCUT2D eigenvalue weighted by atomic mass is 9.48.